The highest BCUT2D eigenvalue weighted by Gasteiger charge is 2.31. The van der Waals surface area contributed by atoms with E-state index in [-0.39, 0.29) is 23.6 Å². The maximum Gasteiger partial charge on any atom is 0.306 e. The maximum absolute atomic E-state index is 11.5. The molecule has 1 aromatic heterocycles. The molecule has 1 saturated carbocycles. The van der Waals surface area contributed by atoms with Crippen molar-refractivity contribution in [3.63, 3.8) is 0 Å². The largest absolute Gasteiger partial charge is 0.481 e. The van der Waals surface area contributed by atoms with E-state index >= 15 is 0 Å². The minimum Gasteiger partial charge on any atom is -0.481 e. The molecule has 2 unspecified atom stereocenters. The highest BCUT2D eigenvalue weighted by atomic mass is 16.5. The number of amides is 1. The Morgan fingerprint density at radius 1 is 1.50 bits per heavy atom. The summed E-state index contributed by atoms with van der Waals surface area (Å²) in [5, 5.41) is 15.0. The number of aromatic nitrogens is 1. The predicted octanol–water partition coefficient (Wildman–Crippen LogP) is 0.658. The molecule has 6 heteroatoms. The summed E-state index contributed by atoms with van der Waals surface area (Å²) in [6, 6.07) is 1.39. The van der Waals surface area contributed by atoms with Crippen molar-refractivity contribution < 1.29 is 19.2 Å². The SMILES string of the molecule is O=C(NC1CCC(C(=O)O)C1)c1ccno1. The van der Waals surface area contributed by atoms with Crippen molar-refractivity contribution in [3.8, 4) is 0 Å². The van der Waals surface area contributed by atoms with Gasteiger partial charge < -0.3 is 14.9 Å². The summed E-state index contributed by atoms with van der Waals surface area (Å²) < 4.78 is 4.70. The van der Waals surface area contributed by atoms with Gasteiger partial charge in [0.2, 0.25) is 5.76 Å². The second-order valence-electron chi connectivity index (χ2n) is 3.90. The Hall–Kier alpha value is -1.85. The maximum atomic E-state index is 11.5. The Labute approximate surface area is 91.6 Å². The van der Waals surface area contributed by atoms with E-state index in [1.807, 2.05) is 0 Å². The second-order valence-corrected chi connectivity index (χ2v) is 3.90. The molecule has 6 nitrogen and oxygen atoms in total. The average molecular weight is 224 g/mol. The van der Waals surface area contributed by atoms with E-state index in [2.05, 4.69) is 10.5 Å². The minimum absolute atomic E-state index is 0.0845. The van der Waals surface area contributed by atoms with Crippen LogP contribution in [0, 0.1) is 5.92 Å². The number of nitrogens with zero attached hydrogens (tertiary/aromatic N) is 1. The molecule has 1 amide bonds. The van der Waals surface area contributed by atoms with Crippen LogP contribution in [0.5, 0.6) is 0 Å². The van der Waals surface area contributed by atoms with Crippen molar-refractivity contribution in [1.29, 1.82) is 0 Å². The zero-order chi connectivity index (χ0) is 11.5. The van der Waals surface area contributed by atoms with E-state index in [1.54, 1.807) is 0 Å². The lowest BCUT2D eigenvalue weighted by molar-refractivity contribution is -0.141. The van der Waals surface area contributed by atoms with E-state index in [0.29, 0.717) is 19.3 Å². The molecule has 0 aliphatic heterocycles. The lowest BCUT2D eigenvalue weighted by Gasteiger charge is -2.10. The van der Waals surface area contributed by atoms with E-state index in [0.717, 1.165) is 0 Å². The van der Waals surface area contributed by atoms with Crippen molar-refractivity contribution >= 4 is 11.9 Å². The van der Waals surface area contributed by atoms with Crippen molar-refractivity contribution in [2.24, 2.45) is 5.92 Å². The van der Waals surface area contributed by atoms with Gasteiger partial charge in [-0.3, -0.25) is 9.59 Å². The molecule has 2 rings (SSSR count). The van der Waals surface area contributed by atoms with Gasteiger partial charge in [-0.25, -0.2) is 0 Å². The number of carboxylic acid groups (broad SMARTS) is 1. The molecule has 1 aliphatic rings. The van der Waals surface area contributed by atoms with Crippen LogP contribution in [0.15, 0.2) is 16.8 Å². The Balaban J connectivity index is 1.88. The Morgan fingerprint density at radius 2 is 2.31 bits per heavy atom. The molecular formula is C10H12N2O4. The van der Waals surface area contributed by atoms with Gasteiger partial charge in [-0.1, -0.05) is 5.16 Å². The molecule has 86 valence electrons. The third kappa shape index (κ3) is 2.21. The summed E-state index contributed by atoms with van der Waals surface area (Å²) in [4.78, 5) is 22.3. The van der Waals surface area contributed by atoms with E-state index in [1.165, 1.54) is 12.3 Å². The van der Waals surface area contributed by atoms with Gasteiger partial charge in [0.1, 0.15) is 0 Å². The molecule has 1 heterocycles. The first-order chi connectivity index (χ1) is 7.66. The summed E-state index contributed by atoms with van der Waals surface area (Å²) >= 11 is 0. The fraction of sp³-hybridized carbons (Fsp3) is 0.500. The number of aliphatic carboxylic acids is 1. The van der Waals surface area contributed by atoms with Gasteiger partial charge in [0, 0.05) is 12.1 Å². The van der Waals surface area contributed by atoms with Gasteiger partial charge in [0.05, 0.1) is 12.1 Å². The molecular weight excluding hydrogens is 212 g/mol. The highest BCUT2D eigenvalue weighted by Crippen LogP contribution is 2.25. The van der Waals surface area contributed by atoms with Gasteiger partial charge in [0.15, 0.2) is 0 Å². The lowest BCUT2D eigenvalue weighted by Crippen LogP contribution is -2.33. The number of carbonyl (C=O) groups is 2. The standard InChI is InChI=1S/C10H12N2O4/c13-9(8-3-4-11-16-8)12-7-2-1-6(5-7)10(14)15/h3-4,6-7H,1-2,5H2,(H,12,13)(H,14,15). The predicted molar refractivity (Wildman–Crippen MR) is 52.7 cm³/mol. The van der Waals surface area contributed by atoms with Crippen molar-refractivity contribution in [3.05, 3.63) is 18.0 Å². The fourth-order valence-corrected chi connectivity index (χ4v) is 1.93. The summed E-state index contributed by atoms with van der Waals surface area (Å²) in [5.41, 5.74) is 0. The first-order valence-corrected chi connectivity index (χ1v) is 5.11. The monoisotopic (exact) mass is 224 g/mol. The smallest absolute Gasteiger partial charge is 0.306 e. The number of nitrogens with one attached hydrogen (secondary N) is 1. The quantitative estimate of drug-likeness (QED) is 0.786. The molecule has 2 atom stereocenters. The molecule has 0 spiro atoms. The van der Waals surface area contributed by atoms with Crippen molar-refractivity contribution in [2.45, 2.75) is 25.3 Å². The zero-order valence-corrected chi connectivity index (χ0v) is 8.55. The van der Waals surface area contributed by atoms with Crippen LogP contribution in [0.4, 0.5) is 0 Å². The Kier molecular flexibility index (Phi) is 2.89. The highest BCUT2D eigenvalue weighted by molar-refractivity contribution is 5.91. The normalized spacial score (nSPS) is 24.2. The molecule has 0 saturated heterocycles. The van der Waals surface area contributed by atoms with Gasteiger partial charge in [0.25, 0.3) is 5.91 Å². The van der Waals surface area contributed by atoms with Crippen LogP contribution in [0.25, 0.3) is 0 Å². The van der Waals surface area contributed by atoms with Crippen molar-refractivity contribution in [2.75, 3.05) is 0 Å². The summed E-state index contributed by atoms with van der Waals surface area (Å²) in [7, 11) is 0. The van der Waals surface area contributed by atoms with Crippen LogP contribution < -0.4 is 5.32 Å². The summed E-state index contributed by atoms with van der Waals surface area (Å²) in [5.74, 6) is -1.33. The lowest BCUT2D eigenvalue weighted by atomic mass is 10.1. The zero-order valence-electron chi connectivity index (χ0n) is 8.55. The topological polar surface area (TPSA) is 92.4 Å². The molecule has 0 aromatic carbocycles. The molecule has 1 fully saturated rings. The number of hydrogen-bond donors (Lipinski definition) is 2. The molecule has 2 N–H and O–H groups in total. The van der Waals surface area contributed by atoms with E-state index in [9.17, 15) is 9.59 Å². The number of carbonyl (C=O) groups excluding carboxylic acids is 1. The van der Waals surface area contributed by atoms with Gasteiger partial charge in [-0.05, 0) is 19.3 Å². The summed E-state index contributed by atoms with van der Waals surface area (Å²) in [6.45, 7) is 0. The number of hydrogen-bond acceptors (Lipinski definition) is 4. The average Bonchev–Trinajstić information content (AvgIpc) is 2.87. The summed E-state index contributed by atoms with van der Waals surface area (Å²) in [6.07, 6.45) is 3.17. The number of carboxylic acids is 1. The molecule has 1 aromatic rings. The van der Waals surface area contributed by atoms with Gasteiger partial charge in [-0.2, -0.15) is 0 Å². The van der Waals surface area contributed by atoms with Gasteiger partial charge >= 0.3 is 5.97 Å². The molecule has 0 radical (unpaired) electrons. The van der Waals surface area contributed by atoms with Crippen LogP contribution in [-0.4, -0.2) is 28.2 Å². The number of rotatable bonds is 3. The van der Waals surface area contributed by atoms with Crippen LogP contribution >= 0.6 is 0 Å². The van der Waals surface area contributed by atoms with Crippen molar-refractivity contribution in [1.82, 2.24) is 10.5 Å². The van der Waals surface area contributed by atoms with Crippen LogP contribution in [0.3, 0.4) is 0 Å². The Morgan fingerprint density at radius 3 is 2.88 bits per heavy atom. The third-order valence-corrected chi connectivity index (χ3v) is 2.78. The van der Waals surface area contributed by atoms with E-state index in [4.69, 9.17) is 9.63 Å². The van der Waals surface area contributed by atoms with E-state index < -0.39 is 5.97 Å². The second kappa shape index (κ2) is 4.34. The minimum atomic E-state index is -0.795. The van der Waals surface area contributed by atoms with Crippen LogP contribution in [0.1, 0.15) is 29.8 Å². The first-order valence-electron chi connectivity index (χ1n) is 5.11. The third-order valence-electron chi connectivity index (χ3n) is 2.78. The molecule has 16 heavy (non-hydrogen) atoms. The Bertz CT molecular complexity index is 388. The molecule has 0 bridgehead atoms. The van der Waals surface area contributed by atoms with Gasteiger partial charge in [-0.15, -0.1) is 0 Å². The van der Waals surface area contributed by atoms with Crippen LogP contribution in [0.2, 0.25) is 0 Å². The molecule has 1 aliphatic carbocycles. The fourth-order valence-electron chi connectivity index (χ4n) is 1.93. The first kappa shape index (κ1) is 10.7. The van der Waals surface area contributed by atoms with Crippen LogP contribution in [-0.2, 0) is 4.79 Å².